The van der Waals surface area contributed by atoms with Crippen molar-refractivity contribution in [2.75, 3.05) is 0 Å². The van der Waals surface area contributed by atoms with Crippen molar-refractivity contribution in [1.82, 2.24) is 5.43 Å². The Hall–Kier alpha value is -1.31. The lowest BCUT2D eigenvalue weighted by molar-refractivity contribution is 1.26. The fraction of sp³-hybridized carbons (Fsp3) is 0. The fourth-order valence-corrected chi connectivity index (χ4v) is 0.698. The third-order valence-corrected chi connectivity index (χ3v) is 1.20. The van der Waals surface area contributed by atoms with E-state index in [1.165, 1.54) is 0 Å². The molecule has 1 aromatic carbocycles. The van der Waals surface area contributed by atoms with Crippen LogP contribution in [0.3, 0.4) is 0 Å². The molecule has 2 rings (SSSR count). The predicted octanol–water partition coefficient (Wildman–Crippen LogP) is 0.752. The van der Waals surface area contributed by atoms with Crippen molar-refractivity contribution in [2.45, 2.75) is 0 Å². The Labute approximate surface area is 53.2 Å². The van der Waals surface area contributed by atoms with Crippen LogP contribution in [0, 0.1) is 6.07 Å². The van der Waals surface area contributed by atoms with Crippen LogP contribution in [0.2, 0.25) is 0 Å². The van der Waals surface area contributed by atoms with Gasteiger partial charge in [0.2, 0.25) is 0 Å². The fourth-order valence-electron chi connectivity index (χ4n) is 0.698. The van der Waals surface area contributed by atoms with Crippen molar-refractivity contribution in [3.8, 4) is 0 Å². The van der Waals surface area contributed by atoms with E-state index >= 15 is 0 Å². The van der Waals surface area contributed by atoms with Gasteiger partial charge >= 0.3 is 0 Å². The standard InChI is InChI=1S/C7H5N2/c1-2-4-6(5-3-1)7-8-9-7/h1-2,4-5H,(H,8,9). The van der Waals surface area contributed by atoms with Gasteiger partial charge in [-0.2, -0.15) is 5.10 Å². The van der Waals surface area contributed by atoms with Gasteiger partial charge in [0.15, 0.2) is 5.84 Å². The van der Waals surface area contributed by atoms with Gasteiger partial charge in [0.25, 0.3) is 0 Å². The van der Waals surface area contributed by atoms with E-state index in [1.807, 2.05) is 24.3 Å². The van der Waals surface area contributed by atoms with Gasteiger partial charge in [-0.05, 0) is 12.1 Å². The van der Waals surface area contributed by atoms with Gasteiger partial charge in [0.1, 0.15) is 0 Å². The van der Waals surface area contributed by atoms with Crippen LogP contribution in [-0.2, 0) is 0 Å². The molecule has 0 saturated carbocycles. The van der Waals surface area contributed by atoms with Crippen LogP contribution in [-0.4, -0.2) is 5.84 Å². The van der Waals surface area contributed by atoms with Crippen molar-refractivity contribution in [3.63, 3.8) is 0 Å². The van der Waals surface area contributed by atoms with Crippen LogP contribution in [0.4, 0.5) is 0 Å². The molecule has 43 valence electrons. The molecular formula is C7H5N2. The van der Waals surface area contributed by atoms with E-state index in [0.29, 0.717) is 0 Å². The zero-order chi connectivity index (χ0) is 6.10. The minimum absolute atomic E-state index is 0.965. The number of hydrogen-bond donors (Lipinski definition) is 1. The summed E-state index contributed by atoms with van der Waals surface area (Å²) < 4.78 is 0. The Morgan fingerprint density at radius 2 is 2.44 bits per heavy atom. The molecule has 2 heteroatoms. The van der Waals surface area contributed by atoms with Crippen LogP contribution in [0.25, 0.3) is 0 Å². The van der Waals surface area contributed by atoms with Crippen molar-refractivity contribution >= 4 is 5.84 Å². The molecule has 1 aliphatic rings. The maximum absolute atomic E-state index is 3.82. The van der Waals surface area contributed by atoms with Crippen LogP contribution < -0.4 is 5.43 Å². The van der Waals surface area contributed by atoms with Gasteiger partial charge in [0.05, 0.1) is 0 Å². The van der Waals surface area contributed by atoms with Crippen molar-refractivity contribution in [1.29, 1.82) is 0 Å². The number of benzene rings is 1. The van der Waals surface area contributed by atoms with Gasteiger partial charge in [0, 0.05) is 5.56 Å². The second-order valence-electron chi connectivity index (χ2n) is 1.86. The molecule has 0 bridgehead atoms. The first-order valence-corrected chi connectivity index (χ1v) is 2.77. The van der Waals surface area contributed by atoms with Crippen molar-refractivity contribution in [2.24, 2.45) is 5.10 Å². The molecule has 1 radical (unpaired) electrons. The minimum Gasteiger partial charge on any atom is -0.257 e. The Morgan fingerprint density at radius 3 is 3.00 bits per heavy atom. The average molecular weight is 117 g/mol. The summed E-state index contributed by atoms with van der Waals surface area (Å²) in [6.45, 7) is 0. The summed E-state index contributed by atoms with van der Waals surface area (Å²) in [5.74, 6) is 0.965. The first-order valence-electron chi connectivity index (χ1n) is 2.77. The summed E-state index contributed by atoms with van der Waals surface area (Å²) in [4.78, 5) is 0. The lowest BCUT2D eigenvalue weighted by Gasteiger charge is -1.84. The highest BCUT2D eigenvalue weighted by atomic mass is 15.5. The van der Waals surface area contributed by atoms with E-state index < -0.39 is 0 Å². The highest BCUT2D eigenvalue weighted by molar-refractivity contribution is 6.05. The highest BCUT2D eigenvalue weighted by Crippen LogP contribution is 2.03. The Bertz CT molecular complexity index is 238. The van der Waals surface area contributed by atoms with Gasteiger partial charge in [-0.25, -0.2) is 0 Å². The molecule has 0 fully saturated rings. The Balaban J connectivity index is 2.40. The third-order valence-electron chi connectivity index (χ3n) is 1.20. The number of amidine groups is 1. The molecule has 1 aromatic rings. The zero-order valence-corrected chi connectivity index (χ0v) is 4.76. The number of nitrogens with one attached hydrogen (secondary N) is 1. The number of hydrogen-bond acceptors (Lipinski definition) is 2. The van der Waals surface area contributed by atoms with E-state index in [-0.39, 0.29) is 0 Å². The normalized spacial score (nSPS) is 14.0. The second-order valence-corrected chi connectivity index (χ2v) is 1.86. The average Bonchev–Trinajstić information content (AvgIpc) is 2.71. The molecule has 1 N–H and O–H groups in total. The second kappa shape index (κ2) is 1.58. The van der Waals surface area contributed by atoms with E-state index in [2.05, 4.69) is 16.6 Å². The third kappa shape index (κ3) is 0.785. The zero-order valence-electron chi connectivity index (χ0n) is 4.76. The first-order chi connectivity index (χ1) is 4.47. The number of hydrazone groups is 1. The lowest BCUT2D eigenvalue weighted by Crippen LogP contribution is -1.92. The minimum atomic E-state index is 0.965. The van der Waals surface area contributed by atoms with E-state index in [1.54, 1.807) is 0 Å². The molecule has 9 heavy (non-hydrogen) atoms. The lowest BCUT2D eigenvalue weighted by atomic mass is 10.2. The molecule has 0 aliphatic carbocycles. The summed E-state index contributed by atoms with van der Waals surface area (Å²) in [6.07, 6.45) is 0. The summed E-state index contributed by atoms with van der Waals surface area (Å²) in [7, 11) is 0. The molecule has 0 saturated heterocycles. The van der Waals surface area contributed by atoms with Crippen LogP contribution in [0.1, 0.15) is 5.56 Å². The van der Waals surface area contributed by atoms with Gasteiger partial charge in [-0.3, -0.25) is 5.43 Å². The molecule has 0 aromatic heterocycles. The van der Waals surface area contributed by atoms with E-state index in [9.17, 15) is 0 Å². The molecule has 0 unspecified atom stereocenters. The first kappa shape index (κ1) is 4.56. The molecule has 1 heterocycles. The smallest absolute Gasteiger partial charge is 0.173 e. The van der Waals surface area contributed by atoms with E-state index in [0.717, 1.165) is 11.4 Å². The van der Waals surface area contributed by atoms with Crippen LogP contribution in [0.5, 0.6) is 0 Å². The summed E-state index contributed by atoms with van der Waals surface area (Å²) in [5.41, 5.74) is 3.88. The number of rotatable bonds is 1. The monoisotopic (exact) mass is 117 g/mol. The van der Waals surface area contributed by atoms with Crippen LogP contribution in [0.15, 0.2) is 29.4 Å². The van der Waals surface area contributed by atoms with Gasteiger partial charge in [-0.15, -0.1) is 0 Å². The van der Waals surface area contributed by atoms with Gasteiger partial charge in [-0.1, -0.05) is 18.2 Å². The summed E-state index contributed by atoms with van der Waals surface area (Å²) in [5, 5.41) is 3.82. The van der Waals surface area contributed by atoms with Crippen LogP contribution >= 0.6 is 0 Å². The maximum Gasteiger partial charge on any atom is 0.173 e. The van der Waals surface area contributed by atoms with Crippen molar-refractivity contribution in [3.05, 3.63) is 35.9 Å². The highest BCUT2D eigenvalue weighted by Gasteiger charge is 2.09. The quantitative estimate of drug-likeness (QED) is 0.578. The summed E-state index contributed by atoms with van der Waals surface area (Å²) >= 11 is 0. The molecule has 0 atom stereocenters. The molecule has 2 nitrogen and oxygen atoms in total. The Kier molecular flexibility index (Phi) is 0.803. The molecule has 1 aliphatic heterocycles. The van der Waals surface area contributed by atoms with Gasteiger partial charge < -0.3 is 0 Å². The SMILES string of the molecule is [c]1cccc(C2=NN2)c1. The molecular weight excluding hydrogens is 112 g/mol. The Morgan fingerprint density at radius 1 is 1.56 bits per heavy atom. The summed E-state index contributed by atoms with van der Waals surface area (Å²) in [6, 6.07) is 10.7. The topological polar surface area (TPSA) is 34.3 Å². The predicted molar refractivity (Wildman–Crippen MR) is 35.0 cm³/mol. The number of nitrogens with zero attached hydrogens (tertiary/aromatic N) is 1. The van der Waals surface area contributed by atoms with Crippen molar-refractivity contribution < 1.29 is 0 Å². The maximum atomic E-state index is 3.82. The molecule has 0 spiro atoms. The molecule has 0 amide bonds. The largest absolute Gasteiger partial charge is 0.257 e. The van der Waals surface area contributed by atoms with E-state index in [4.69, 9.17) is 0 Å².